The van der Waals surface area contributed by atoms with Crippen LogP contribution in [0, 0.1) is 0 Å². The Kier molecular flexibility index (Phi) is 5.69. The van der Waals surface area contributed by atoms with Crippen LogP contribution in [0.1, 0.15) is 16.7 Å². The van der Waals surface area contributed by atoms with Crippen LogP contribution in [0.2, 0.25) is 0 Å². The van der Waals surface area contributed by atoms with Crippen molar-refractivity contribution >= 4 is 23.8 Å². The number of benzene rings is 1. The molecule has 1 aromatic heterocycles. The third kappa shape index (κ3) is 5.61. The first-order valence-electron chi connectivity index (χ1n) is 7.21. The molecule has 0 atom stereocenters. The van der Waals surface area contributed by atoms with Gasteiger partial charge in [0.2, 0.25) is 0 Å². The van der Waals surface area contributed by atoms with Gasteiger partial charge in [0.1, 0.15) is 5.82 Å². The first-order chi connectivity index (χ1) is 12.1. The Morgan fingerprint density at radius 2 is 1.50 bits per heavy atom. The van der Waals surface area contributed by atoms with Gasteiger partial charge in [-0.3, -0.25) is 4.79 Å². The zero-order valence-electron chi connectivity index (χ0n) is 13.0. The normalized spacial score (nSPS) is 12.4. The highest BCUT2D eigenvalue weighted by atomic mass is 19.4. The van der Waals surface area contributed by atoms with Crippen LogP contribution >= 0.6 is 0 Å². The molecule has 26 heavy (non-hydrogen) atoms. The number of Topliss-reactive ketones (excluding diaryl/α,β-unsaturated/α-hetero) is 1. The van der Waals surface area contributed by atoms with Gasteiger partial charge in [0.25, 0.3) is 5.78 Å². The molecule has 9 heteroatoms. The molecule has 0 amide bonds. The minimum atomic E-state index is -4.91. The van der Waals surface area contributed by atoms with Gasteiger partial charge >= 0.3 is 12.4 Å². The monoisotopic (exact) mass is 374 g/mol. The predicted octanol–water partition coefficient (Wildman–Crippen LogP) is 4.81. The number of ketones is 1. The standard InChI is InChI=1S/C17H12F6N2O/c18-16(19,20)13-6-3-11(4-7-13)1-2-12-5-8-15(24-9-12)25-10-14(26)17(21,22)23/h1-9H,10H2,(H,24,25)/b2-1+. The van der Waals surface area contributed by atoms with Crippen molar-refractivity contribution in [3.8, 4) is 0 Å². The second-order valence-corrected chi connectivity index (χ2v) is 5.20. The van der Waals surface area contributed by atoms with Crippen LogP contribution in [0.5, 0.6) is 0 Å². The molecule has 2 aromatic rings. The Morgan fingerprint density at radius 3 is 2.00 bits per heavy atom. The molecule has 138 valence electrons. The number of hydrogen-bond donors (Lipinski definition) is 1. The Bertz CT molecular complexity index is 777. The molecule has 0 aliphatic rings. The van der Waals surface area contributed by atoms with E-state index in [1.54, 1.807) is 12.2 Å². The summed E-state index contributed by atoms with van der Waals surface area (Å²) in [4.78, 5) is 14.6. The van der Waals surface area contributed by atoms with Crippen LogP contribution in [0.25, 0.3) is 12.2 Å². The third-order valence-electron chi connectivity index (χ3n) is 3.24. The van der Waals surface area contributed by atoms with E-state index in [0.29, 0.717) is 11.1 Å². The summed E-state index contributed by atoms with van der Waals surface area (Å²) in [7, 11) is 0. The van der Waals surface area contributed by atoms with E-state index >= 15 is 0 Å². The smallest absolute Gasteiger partial charge is 0.363 e. The SMILES string of the molecule is O=C(CNc1ccc(/C=C/c2ccc(C(F)(F)F)cc2)cn1)C(F)(F)F. The van der Waals surface area contributed by atoms with Crippen LogP contribution in [-0.4, -0.2) is 23.5 Å². The number of pyridine rings is 1. The molecular formula is C17H12F6N2O. The highest BCUT2D eigenvalue weighted by Crippen LogP contribution is 2.29. The Hall–Kier alpha value is -2.84. The van der Waals surface area contributed by atoms with E-state index in [4.69, 9.17) is 0 Å². The molecule has 1 heterocycles. The van der Waals surface area contributed by atoms with Gasteiger partial charge in [-0.2, -0.15) is 26.3 Å². The second kappa shape index (κ2) is 7.59. The van der Waals surface area contributed by atoms with Crippen molar-refractivity contribution in [2.24, 2.45) is 0 Å². The Morgan fingerprint density at radius 1 is 0.923 bits per heavy atom. The van der Waals surface area contributed by atoms with Gasteiger partial charge in [0, 0.05) is 6.20 Å². The zero-order valence-corrected chi connectivity index (χ0v) is 13.0. The van der Waals surface area contributed by atoms with E-state index in [1.807, 2.05) is 0 Å². The maximum Gasteiger partial charge on any atom is 0.451 e. The molecule has 0 bridgehead atoms. The Labute approximate surface area is 144 Å². The summed E-state index contributed by atoms with van der Waals surface area (Å²) in [6.07, 6.45) is -4.81. The summed E-state index contributed by atoms with van der Waals surface area (Å²) in [5.41, 5.74) is 0.369. The van der Waals surface area contributed by atoms with Crippen LogP contribution in [-0.2, 0) is 11.0 Å². The number of alkyl halides is 6. The minimum Gasteiger partial charge on any atom is -0.363 e. The van der Waals surface area contributed by atoms with Gasteiger partial charge in [-0.05, 0) is 35.4 Å². The zero-order chi connectivity index (χ0) is 19.4. The van der Waals surface area contributed by atoms with Gasteiger partial charge < -0.3 is 5.32 Å². The Balaban J connectivity index is 1.96. The fourth-order valence-electron chi connectivity index (χ4n) is 1.86. The maximum atomic E-state index is 12.5. The van der Waals surface area contributed by atoms with Crippen LogP contribution in [0.4, 0.5) is 32.2 Å². The summed E-state index contributed by atoms with van der Waals surface area (Å²) in [6.45, 7) is -0.919. The summed E-state index contributed by atoms with van der Waals surface area (Å²) >= 11 is 0. The molecule has 3 nitrogen and oxygen atoms in total. The number of aromatic nitrogens is 1. The van der Waals surface area contributed by atoms with E-state index in [0.717, 1.165) is 12.1 Å². The molecule has 0 spiro atoms. The molecule has 2 rings (SSSR count). The third-order valence-corrected chi connectivity index (χ3v) is 3.24. The fraction of sp³-hybridized carbons (Fsp3) is 0.176. The average molecular weight is 374 g/mol. The fourth-order valence-corrected chi connectivity index (χ4v) is 1.86. The molecule has 1 aromatic carbocycles. The lowest BCUT2D eigenvalue weighted by Crippen LogP contribution is -2.29. The lowest BCUT2D eigenvalue weighted by molar-refractivity contribution is -0.168. The van der Waals surface area contributed by atoms with E-state index < -0.39 is 30.2 Å². The number of anilines is 1. The van der Waals surface area contributed by atoms with Crippen molar-refractivity contribution < 1.29 is 31.1 Å². The lowest BCUT2D eigenvalue weighted by atomic mass is 10.1. The molecule has 0 aliphatic heterocycles. The van der Waals surface area contributed by atoms with Gasteiger partial charge in [0.15, 0.2) is 0 Å². The number of halogens is 6. The molecular weight excluding hydrogens is 362 g/mol. The molecule has 0 unspecified atom stereocenters. The average Bonchev–Trinajstić information content (AvgIpc) is 2.57. The van der Waals surface area contributed by atoms with Crippen molar-refractivity contribution in [2.45, 2.75) is 12.4 Å². The van der Waals surface area contributed by atoms with Crippen LogP contribution in [0.15, 0.2) is 42.6 Å². The summed E-state index contributed by atoms with van der Waals surface area (Å²) in [5, 5.41) is 2.26. The molecule has 0 saturated carbocycles. The van der Waals surface area contributed by atoms with Gasteiger partial charge in [-0.25, -0.2) is 4.98 Å². The van der Waals surface area contributed by atoms with Crippen LogP contribution in [0.3, 0.4) is 0 Å². The number of nitrogens with one attached hydrogen (secondary N) is 1. The van der Waals surface area contributed by atoms with Crippen molar-refractivity contribution in [1.82, 2.24) is 4.98 Å². The number of rotatable bonds is 5. The quantitative estimate of drug-likeness (QED) is 0.764. The minimum absolute atomic E-state index is 0.0919. The first-order valence-corrected chi connectivity index (χ1v) is 7.21. The molecule has 0 aliphatic carbocycles. The molecule has 1 N–H and O–H groups in total. The van der Waals surface area contributed by atoms with Gasteiger partial charge in [-0.1, -0.05) is 24.3 Å². The largest absolute Gasteiger partial charge is 0.451 e. The second-order valence-electron chi connectivity index (χ2n) is 5.20. The van der Waals surface area contributed by atoms with Crippen molar-refractivity contribution in [3.63, 3.8) is 0 Å². The number of carbonyl (C=O) groups is 1. The van der Waals surface area contributed by atoms with Crippen molar-refractivity contribution in [2.75, 3.05) is 11.9 Å². The van der Waals surface area contributed by atoms with E-state index in [2.05, 4.69) is 10.3 Å². The summed E-state index contributed by atoms with van der Waals surface area (Å²) < 4.78 is 73.7. The number of carbonyl (C=O) groups excluding carboxylic acids is 1. The highest BCUT2D eigenvalue weighted by molar-refractivity contribution is 5.87. The maximum absolute atomic E-state index is 12.5. The van der Waals surface area contributed by atoms with E-state index in [1.165, 1.54) is 30.5 Å². The molecule has 0 fully saturated rings. The van der Waals surface area contributed by atoms with E-state index in [9.17, 15) is 31.1 Å². The number of nitrogens with zero attached hydrogens (tertiary/aromatic N) is 1. The highest BCUT2D eigenvalue weighted by Gasteiger charge is 2.37. The lowest BCUT2D eigenvalue weighted by Gasteiger charge is -2.07. The summed E-state index contributed by atoms with van der Waals surface area (Å²) in [6, 6.07) is 7.46. The van der Waals surface area contributed by atoms with Gasteiger partial charge in [0.05, 0.1) is 12.1 Å². The summed E-state index contributed by atoms with van der Waals surface area (Å²) in [5.74, 6) is -1.82. The first kappa shape index (κ1) is 19.5. The molecule has 0 radical (unpaired) electrons. The molecule has 0 saturated heterocycles. The van der Waals surface area contributed by atoms with Crippen molar-refractivity contribution in [1.29, 1.82) is 0 Å². The van der Waals surface area contributed by atoms with Crippen LogP contribution < -0.4 is 5.32 Å². The topological polar surface area (TPSA) is 42.0 Å². The van der Waals surface area contributed by atoms with Gasteiger partial charge in [-0.15, -0.1) is 0 Å². The number of hydrogen-bond acceptors (Lipinski definition) is 3. The van der Waals surface area contributed by atoms with E-state index in [-0.39, 0.29) is 5.82 Å². The predicted molar refractivity (Wildman–Crippen MR) is 84.2 cm³/mol. The van der Waals surface area contributed by atoms with Crippen molar-refractivity contribution in [3.05, 3.63) is 59.3 Å².